The predicted molar refractivity (Wildman–Crippen MR) is 108 cm³/mol. The van der Waals surface area contributed by atoms with Gasteiger partial charge < -0.3 is 15.5 Å². The lowest BCUT2D eigenvalue weighted by atomic mass is 9.85. The lowest BCUT2D eigenvalue weighted by Crippen LogP contribution is -2.34. The molecule has 1 aromatic rings. The van der Waals surface area contributed by atoms with Crippen molar-refractivity contribution in [3.05, 3.63) is 18.3 Å². The first-order valence-corrected chi connectivity index (χ1v) is 8.94. The largest absolute Gasteiger partial charge is 0.357 e. The SMILES string of the molecule is CC(CC(=O)Nc1ccc(N2CCCC2)nc1)C1CCCNC1.Cl.Cl. The maximum atomic E-state index is 12.2. The summed E-state index contributed by atoms with van der Waals surface area (Å²) in [6, 6.07) is 3.97. The molecule has 3 rings (SSSR count). The van der Waals surface area contributed by atoms with Gasteiger partial charge in [-0.2, -0.15) is 0 Å². The number of hydrogen-bond acceptors (Lipinski definition) is 4. The predicted octanol–water partition coefficient (Wildman–Crippen LogP) is 3.49. The molecular formula is C18H30Cl2N4O. The molecule has 1 aromatic heterocycles. The van der Waals surface area contributed by atoms with Crippen molar-refractivity contribution in [1.29, 1.82) is 0 Å². The average Bonchev–Trinajstić information content (AvgIpc) is 3.11. The van der Waals surface area contributed by atoms with E-state index in [1.54, 1.807) is 6.20 Å². The Morgan fingerprint density at radius 3 is 2.68 bits per heavy atom. The Bertz CT molecular complexity index is 514. The van der Waals surface area contributed by atoms with Gasteiger partial charge in [0.05, 0.1) is 11.9 Å². The Morgan fingerprint density at radius 1 is 1.32 bits per heavy atom. The zero-order valence-electron chi connectivity index (χ0n) is 14.9. The van der Waals surface area contributed by atoms with E-state index in [1.807, 2.05) is 12.1 Å². The Balaban J connectivity index is 0.00000156. The summed E-state index contributed by atoms with van der Waals surface area (Å²) in [6.45, 7) is 6.52. The third-order valence-corrected chi connectivity index (χ3v) is 5.11. The summed E-state index contributed by atoms with van der Waals surface area (Å²) in [7, 11) is 0. The van der Waals surface area contributed by atoms with Crippen molar-refractivity contribution in [1.82, 2.24) is 10.3 Å². The molecule has 0 radical (unpaired) electrons. The van der Waals surface area contributed by atoms with E-state index in [1.165, 1.54) is 25.7 Å². The van der Waals surface area contributed by atoms with Crippen molar-refractivity contribution >= 4 is 42.2 Å². The summed E-state index contributed by atoms with van der Waals surface area (Å²) in [4.78, 5) is 19.0. The average molecular weight is 389 g/mol. The van der Waals surface area contributed by atoms with Crippen LogP contribution in [0.5, 0.6) is 0 Å². The fraction of sp³-hybridized carbons (Fsp3) is 0.667. The number of rotatable bonds is 5. The van der Waals surface area contributed by atoms with E-state index in [-0.39, 0.29) is 30.7 Å². The molecule has 0 bridgehead atoms. The summed E-state index contributed by atoms with van der Waals surface area (Å²) >= 11 is 0. The molecule has 142 valence electrons. The molecule has 0 spiro atoms. The molecule has 2 unspecified atom stereocenters. The van der Waals surface area contributed by atoms with E-state index in [0.29, 0.717) is 18.3 Å². The van der Waals surface area contributed by atoms with Crippen LogP contribution in [0.25, 0.3) is 0 Å². The van der Waals surface area contributed by atoms with E-state index in [0.717, 1.165) is 37.7 Å². The van der Waals surface area contributed by atoms with Crippen molar-refractivity contribution in [2.45, 2.75) is 39.0 Å². The second-order valence-electron chi connectivity index (χ2n) is 6.94. The van der Waals surface area contributed by atoms with Gasteiger partial charge in [-0.25, -0.2) is 4.98 Å². The Kier molecular flexibility index (Phi) is 9.54. The third kappa shape index (κ3) is 6.32. The summed E-state index contributed by atoms with van der Waals surface area (Å²) in [5.41, 5.74) is 0.798. The summed E-state index contributed by atoms with van der Waals surface area (Å²) in [6.07, 6.45) is 7.30. The van der Waals surface area contributed by atoms with Gasteiger partial charge in [0.25, 0.3) is 0 Å². The Hall–Kier alpha value is -1.04. The van der Waals surface area contributed by atoms with Crippen molar-refractivity contribution < 1.29 is 4.79 Å². The molecule has 3 heterocycles. The van der Waals surface area contributed by atoms with Crippen molar-refractivity contribution in [3.63, 3.8) is 0 Å². The molecule has 7 heteroatoms. The molecule has 2 aliphatic rings. The molecule has 2 N–H and O–H groups in total. The highest BCUT2D eigenvalue weighted by molar-refractivity contribution is 5.90. The minimum atomic E-state index is 0. The number of piperidine rings is 1. The van der Waals surface area contributed by atoms with Crippen LogP contribution in [-0.2, 0) is 4.79 Å². The number of nitrogens with one attached hydrogen (secondary N) is 2. The molecule has 5 nitrogen and oxygen atoms in total. The van der Waals surface area contributed by atoms with Gasteiger partial charge in [0.15, 0.2) is 0 Å². The van der Waals surface area contributed by atoms with E-state index in [2.05, 4.69) is 27.4 Å². The zero-order chi connectivity index (χ0) is 16.1. The molecular weight excluding hydrogens is 359 g/mol. The number of hydrogen-bond donors (Lipinski definition) is 2. The topological polar surface area (TPSA) is 57.3 Å². The van der Waals surface area contributed by atoms with Crippen LogP contribution in [0.15, 0.2) is 18.3 Å². The lowest BCUT2D eigenvalue weighted by Gasteiger charge is -2.28. The highest BCUT2D eigenvalue weighted by atomic mass is 35.5. The minimum Gasteiger partial charge on any atom is -0.357 e. The number of carbonyl (C=O) groups is 1. The highest BCUT2D eigenvalue weighted by Crippen LogP contribution is 2.23. The van der Waals surface area contributed by atoms with E-state index >= 15 is 0 Å². The maximum absolute atomic E-state index is 12.2. The Morgan fingerprint density at radius 2 is 2.08 bits per heavy atom. The van der Waals surface area contributed by atoms with Crippen LogP contribution in [-0.4, -0.2) is 37.1 Å². The van der Waals surface area contributed by atoms with Crippen LogP contribution in [0, 0.1) is 11.8 Å². The van der Waals surface area contributed by atoms with Gasteiger partial charge >= 0.3 is 0 Å². The molecule has 2 fully saturated rings. The van der Waals surface area contributed by atoms with Crippen LogP contribution in [0.4, 0.5) is 11.5 Å². The van der Waals surface area contributed by atoms with Gasteiger partial charge in [0.2, 0.25) is 5.91 Å². The second kappa shape index (κ2) is 10.8. The van der Waals surface area contributed by atoms with Gasteiger partial charge in [-0.1, -0.05) is 6.92 Å². The maximum Gasteiger partial charge on any atom is 0.224 e. The monoisotopic (exact) mass is 388 g/mol. The molecule has 1 amide bonds. The summed E-state index contributed by atoms with van der Waals surface area (Å²) in [5.74, 6) is 2.14. The van der Waals surface area contributed by atoms with Gasteiger partial charge in [-0.05, 0) is 62.7 Å². The van der Waals surface area contributed by atoms with Gasteiger partial charge in [0.1, 0.15) is 5.82 Å². The first-order valence-electron chi connectivity index (χ1n) is 8.94. The highest BCUT2D eigenvalue weighted by Gasteiger charge is 2.22. The quantitative estimate of drug-likeness (QED) is 0.810. The molecule has 0 saturated carbocycles. The van der Waals surface area contributed by atoms with Crippen LogP contribution < -0.4 is 15.5 Å². The number of anilines is 2. The molecule has 0 aromatic carbocycles. The number of nitrogens with zero attached hydrogens (tertiary/aromatic N) is 2. The summed E-state index contributed by atoms with van der Waals surface area (Å²) in [5, 5.41) is 6.41. The number of pyridine rings is 1. The molecule has 25 heavy (non-hydrogen) atoms. The normalized spacial score (nSPS) is 21.0. The van der Waals surface area contributed by atoms with E-state index < -0.39 is 0 Å². The van der Waals surface area contributed by atoms with Crippen LogP contribution in [0.1, 0.15) is 39.0 Å². The smallest absolute Gasteiger partial charge is 0.224 e. The van der Waals surface area contributed by atoms with Crippen LogP contribution >= 0.6 is 24.8 Å². The minimum absolute atomic E-state index is 0. The molecule has 2 aliphatic heterocycles. The van der Waals surface area contributed by atoms with Gasteiger partial charge in [-0.3, -0.25) is 4.79 Å². The van der Waals surface area contributed by atoms with Gasteiger partial charge in [-0.15, -0.1) is 24.8 Å². The summed E-state index contributed by atoms with van der Waals surface area (Å²) < 4.78 is 0. The third-order valence-electron chi connectivity index (χ3n) is 5.11. The fourth-order valence-corrected chi connectivity index (χ4v) is 3.63. The second-order valence-corrected chi connectivity index (χ2v) is 6.94. The Labute approximate surface area is 163 Å². The number of amides is 1. The van der Waals surface area contributed by atoms with Crippen molar-refractivity contribution in [3.8, 4) is 0 Å². The van der Waals surface area contributed by atoms with Gasteiger partial charge in [0, 0.05) is 19.5 Å². The molecule has 0 aliphatic carbocycles. The molecule has 2 atom stereocenters. The number of carbonyl (C=O) groups excluding carboxylic acids is 1. The van der Waals surface area contributed by atoms with E-state index in [9.17, 15) is 4.79 Å². The standard InChI is InChI=1S/C18H28N4O.2ClH/c1-14(15-5-4-8-19-12-15)11-18(23)21-16-6-7-17(20-13-16)22-9-2-3-10-22;;/h6-7,13-15,19H,2-5,8-12H2,1H3,(H,21,23);2*1H. The van der Waals surface area contributed by atoms with E-state index in [4.69, 9.17) is 0 Å². The fourth-order valence-electron chi connectivity index (χ4n) is 3.63. The number of aromatic nitrogens is 1. The lowest BCUT2D eigenvalue weighted by molar-refractivity contribution is -0.117. The zero-order valence-corrected chi connectivity index (χ0v) is 16.5. The van der Waals surface area contributed by atoms with Crippen LogP contribution in [0.2, 0.25) is 0 Å². The first kappa shape index (κ1) is 22.0. The first-order chi connectivity index (χ1) is 11.2. The number of halogens is 2. The van der Waals surface area contributed by atoms with Crippen LogP contribution in [0.3, 0.4) is 0 Å². The van der Waals surface area contributed by atoms with Crippen molar-refractivity contribution in [2.24, 2.45) is 11.8 Å². The van der Waals surface area contributed by atoms with Crippen molar-refractivity contribution in [2.75, 3.05) is 36.4 Å². The molecule has 2 saturated heterocycles.